The lowest BCUT2D eigenvalue weighted by molar-refractivity contribution is -0.119. The number of carbonyl (C=O) groups excluding carboxylic acids is 1. The number of anilines is 1. The molecule has 4 aromatic rings. The topological polar surface area (TPSA) is 76.9 Å². The number of nitrogens with one attached hydrogen (secondary N) is 1. The zero-order valence-electron chi connectivity index (χ0n) is 15.2. The number of rotatable bonds is 4. The zero-order chi connectivity index (χ0) is 19.5. The van der Waals surface area contributed by atoms with Crippen molar-refractivity contribution in [3.8, 4) is 11.3 Å². The molecule has 0 radical (unpaired) electrons. The van der Waals surface area contributed by atoms with Crippen LogP contribution in [0.4, 0.5) is 5.69 Å². The third-order valence-electron chi connectivity index (χ3n) is 4.58. The van der Waals surface area contributed by atoms with Crippen LogP contribution in [0.3, 0.4) is 0 Å². The third-order valence-corrected chi connectivity index (χ3v) is 4.58. The van der Waals surface area contributed by atoms with Crippen LogP contribution in [0.5, 0.6) is 0 Å². The largest absolute Gasteiger partial charge is 0.324 e. The fourth-order valence-corrected chi connectivity index (χ4v) is 3.05. The predicted octanol–water partition coefficient (Wildman–Crippen LogP) is 3.66. The first kappa shape index (κ1) is 17.6. The number of pyridine rings is 1. The molecule has 2 aromatic carbocycles. The SMILES string of the molecule is CC(C(=O)Nc1cccc2ccccc12)n1nc(-c2cccnc2)ccc1=O. The van der Waals surface area contributed by atoms with Crippen molar-refractivity contribution < 1.29 is 4.79 Å². The van der Waals surface area contributed by atoms with Crippen molar-refractivity contribution >= 4 is 22.4 Å². The van der Waals surface area contributed by atoms with Crippen LogP contribution in [-0.4, -0.2) is 20.7 Å². The van der Waals surface area contributed by atoms with Crippen molar-refractivity contribution in [2.45, 2.75) is 13.0 Å². The minimum absolute atomic E-state index is 0.311. The maximum Gasteiger partial charge on any atom is 0.267 e. The van der Waals surface area contributed by atoms with Gasteiger partial charge in [-0.15, -0.1) is 0 Å². The van der Waals surface area contributed by atoms with Crippen LogP contribution in [0.25, 0.3) is 22.0 Å². The number of amides is 1. The average molecular weight is 370 g/mol. The number of hydrogen-bond donors (Lipinski definition) is 1. The molecule has 4 rings (SSSR count). The van der Waals surface area contributed by atoms with E-state index in [1.165, 1.54) is 10.7 Å². The Morgan fingerprint density at radius 1 is 1.00 bits per heavy atom. The van der Waals surface area contributed by atoms with Crippen LogP contribution in [0.1, 0.15) is 13.0 Å². The molecule has 6 nitrogen and oxygen atoms in total. The van der Waals surface area contributed by atoms with Crippen molar-refractivity contribution in [1.29, 1.82) is 0 Å². The second kappa shape index (κ2) is 7.44. The van der Waals surface area contributed by atoms with Crippen molar-refractivity contribution in [2.24, 2.45) is 0 Å². The van der Waals surface area contributed by atoms with Crippen LogP contribution in [0.2, 0.25) is 0 Å². The summed E-state index contributed by atoms with van der Waals surface area (Å²) in [5.41, 5.74) is 1.72. The van der Waals surface area contributed by atoms with Crippen LogP contribution >= 0.6 is 0 Å². The molecule has 6 heteroatoms. The second-order valence-corrected chi connectivity index (χ2v) is 6.44. The molecular weight excluding hydrogens is 352 g/mol. The lowest BCUT2D eigenvalue weighted by atomic mass is 10.1. The van der Waals surface area contributed by atoms with Gasteiger partial charge in [-0.05, 0) is 36.6 Å². The summed E-state index contributed by atoms with van der Waals surface area (Å²) in [4.78, 5) is 29.2. The Labute approximate surface area is 161 Å². The number of aromatic nitrogens is 3. The molecule has 0 fully saturated rings. The van der Waals surface area contributed by atoms with E-state index in [0.717, 1.165) is 16.3 Å². The molecule has 1 N–H and O–H groups in total. The summed E-state index contributed by atoms with van der Waals surface area (Å²) in [7, 11) is 0. The van der Waals surface area contributed by atoms with E-state index >= 15 is 0 Å². The van der Waals surface area contributed by atoms with E-state index in [4.69, 9.17) is 0 Å². The zero-order valence-corrected chi connectivity index (χ0v) is 15.2. The predicted molar refractivity (Wildman–Crippen MR) is 109 cm³/mol. The lowest BCUT2D eigenvalue weighted by Crippen LogP contribution is -2.33. The second-order valence-electron chi connectivity index (χ2n) is 6.44. The first-order valence-electron chi connectivity index (χ1n) is 8.92. The van der Waals surface area contributed by atoms with E-state index in [-0.39, 0.29) is 11.5 Å². The molecule has 0 saturated carbocycles. The van der Waals surface area contributed by atoms with Gasteiger partial charge in [-0.2, -0.15) is 5.10 Å². The molecule has 0 aliphatic rings. The Bertz CT molecular complexity index is 1200. The molecule has 2 heterocycles. The Morgan fingerprint density at radius 3 is 2.64 bits per heavy atom. The number of carbonyl (C=O) groups is 1. The summed E-state index contributed by atoms with van der Waals surface area (Å²) in [6.07, 6.45) is 3.33. The van der Waals surface area contributed by atoms with Crippen LogP contribution in [-0.2, 0) is 4.79 Å². The number of fused-ring (bicyclic) bond motifs is 1. The number of benzene rings is 2. The molecule has 28 heavy (non-hydrogen) atoms. The van der Waals surface area contributed by atoms with Gasteiger partial charge in [0.25, 0.3) is 5.56 Å². The maximum atomic E-state index is 12.8. The Morgan fingerprint density at radius 2 is 1.82 bits per heavy atom. The van der Waals surface area contributed by atoms with Gasteiger partial charge in [0.05, 0.1) is 5.69 Å². The summed E-state index contributed by atoms with van der Waals surface area (Å²) in [6.45, 7) is 1.65. The minimum atomic E-state index is -0.775. The van der Waals surface area contributed by atoms with E-state index < -0.39 is 6.04 Å². The summed E-state index contributed by atoms with van der Waals surface area (Å²) in [5, 5.41) is 9.26. The Hall–Kier alpha value is -3.80. The minimum Gasteiger partial charge on any atom is -0.324 e. The van der Waals surface area contributed by atoms with E-state index in [2.05, 4.69) is 15.4 Å². The number of hydrogen-bond acceptors (Lipinski definition) is 4. The number of nitrogens with zero attached hydrogens (tertiary/aromatic N) is 3. The molecule has 1 unspecified atom stereocenters. The summed E-state index contributed by atoms with van der Waals surface area (Å²) in [5.74, 6) is -0.311. The van der Waals surface area contributed by atoms with Gasteiger partial charge in [-0.25, -0.2) is 4.68 Å². The Balaban J connectivity index is 1.65. The van der Waals surface area contributed by atoms with Gasteiger partial charge in [0.15, 0.2) is 0 Å². The normalized spacial score (nSPS) is 11.9. The molecule has 0 aliphatic carbocycles. The highest BCUT2D eigenvalue weighted by Crippen LogP contribution is 2.24. The summed E-state index contributed by atoms with van der Waals surface area (Å²) in [6, 6.07) is 19.4. The van der Waals surface area contributed by atoms with Gasteiger partial charge in [-0.1, -0.05) is 36.4 Å². The van der Waals surface area contributed by atoms with E-state index in [0.29, 0.717) is 11.4 Å². The Kier molecular flexibility index (Phi) is 4.68. The van der Waals surface area contributed by atoms with Crippen molar-refractivity contribution in [1.82, 2.24) is 14.8 Å². The molecular formula is C22H18N4O2. The van der Waals surface area contributed by atoms with Crippen LogP contribution in [0, 0.1) is 0 Å². The fraction of sp³-hybridized carbons (Fsp3) is 0.0909. The van der Waals surface area contributed by atoms with Gasteiger partial charge < -0.3 is 5.32 Å². The van der Waals surface area contributed by atoms with Gasteiger partial charge in [-0.3, -0.25) is 14.6 Å². The van der Waals surface area contributed by atoms with Crippen LogP contribution in [0.15, 0.2) is 83.9 Å². The van der Waals surface area contributed by atoms with Gasteiger partial charge in [0.1, 0.15) is 6.04 Å². The fourth-order valence-electron chi connectivity index (χ4n) is 3.05. The highest BCUT2D eigenvalue weighted by molar-refractivity contribution is 6.03. The maximum absolute atomic E-state index is 12.8. The highest BCUT2D eigenvalue weighted by Gasteiger charge is 2.19. The van der Waals surface area contributed by atoms with E-state index in [1.807, 2.05) is 48.5 Å². The standard InChI is InChI=1S/C22H18N4O2/c1-15(22(28)24-20-10-4-7-16-6-2-3-9-18(16)20)26-21(27)12-11-19(25-26)17-8-5-13-23-14-17/h2-15H,1H3,(H,24,28). The van der Waals surface area contributed by atoms with E-state index in [9.17, 15) is 9.59 Å². The smallest absolute Gasteiger partial charge is 0.267 e. The van der Waals surface area contributed by atoms with Gasteiger partial charge >= 0.3 is 0 Å². The molecule has 1 amide bonds. The third kappa shape index (κ3) is 3.40. The molecule has 138 valence electrons. The summed E-state index contributed by atoms with van der Waals surface area (Å²) < 4.78 is 1.20. The highest BCUT2D eigenvalue weighted by atomic mass is 16.2. The lowest BCUT2D eigenvalue weighted by Gasteiger charge is -2.16. The van der Waals surface area contributed by atoms with Crippen LogP contribution < -0.4 is 10.9 Å². The van der Waals surface area contributed by atoms with Crippen molar-refractivity contribution in [3.63, 3.8) is 0 Å². The molecule has 0 aliphatic heterocycles. The molecule has 1 atom stereocenters. The van der Waals surface area contributed by atoms with E-state index in [1.54, 1.807) is 31.5 Å². The van der Waals surface area contributed by atoms with Gasteiger partial charge in [0.2, 0.25) is 5.91 Å². The quantitative estimate of drug-likeness (QED) is 0.595. The van der Waals surface area contributed by atoms with Gasteiger partial charge in [0, 0.05) is 35.1 Å². The molecule has 2 aromatic heterocycles. The van der Waals surface area contributed by atoms with Crippen molar-refractivity contribution in [3.05, 3.63) is 89.5 Å². The monoisotopic (exact) mass is 370 g/mol. The molecule has 0 saturated heterocycles. The van der Waals surface area contributed by atoms with Crippen molar-refractivity contribution in [2.75, 3.05) is 5.32 Å². The molecule has 0 bridgehead atoms. The summed E-state index contributed by atoms with van der Waals surface area (Å²) >= 11 is 0. The average Bonchev–Trinajstić information content (AvgIpc) is 2.74. The molecule has 0 spiro atoms. The first-order chi connectivity index (χ1) is 13.6. The first-order valence-corrected chi connectivity index (χ1v) is 8.92.